The molecular formula is C22H20ClFN2O2. The molecule has 2 aromatic carbocycles. The van der Waals surface area contributed by atoms with Crippen molar-refractivity contribution in [3.8, 4) is 5.69 Å². The van der Waals surface area contributed by atoms with Gasteiger partial charge in [-0.2, -0.15) is 0 Å². The van der Waals surface area contributed by atoms with E-state index in [1.807, 2.05) is 32.0 Å². The van der Waals surface area contributed by atoms with Gasteiger partial charge in [0.2, 0.25) is 0 Å². The normalized spacial score (nSPS) is 11.2. The highest BCUT2D eigenvalue weighted by Gasteiger charge is 2.11. The van der Waals surface area contributed by atoms with Gasteiger partial charge in [0.25, 0.3) is 0 Å². The molecule has 0 spiro atoms. The highest BCUT2D eigenvalue weighted by atomic mass is 35.5. The maximum Gasteiger partial charge on any atom is 0.338 e. The van der Waals surface area contributed by atoms with E-state index < -0.39 is 5.82 Å². The zero-order valence-electron chi connectivity index (χ0n) is 15.9. The summed E-state index contributed by atoms with van der Waals surface area (Å²) in [5, 5.41) is 0.0433. The molecule has 4 nitrogen and oxygen atoms in total. The molecule has 0 saturated heterocycles. The number of halogens is 2. The molecule has 0 N–H and O–H groups in total. The van der Waals surface area contributed by atoms with Crippen LogP contribution in [0.1, 0.15) is 34.2 Å². The minimum absolute atomic E-state index is 0.0433. The lowest BCUT2D eigenvalue weighted by atomic mass is 10.2. The van der Waals surface area contributed by atoms with Crippen LogP contribution in [0.2, 0.25) is 5.02 Å². The number of carbonyl (C=O) groups is 1. The average molecular weight is 399 g/mol. The smallest absolute Gasteiger partial charge is 0.338 e. The highest BCUT2D eigenvalue weighted by molar-refractivity contribution is 6.31. The lowest BCUT2D eigenvalue weighted by Crippen LogP contribution is -2.05. The number of aliphatic imine (C=N–C) groups is 1. The SMILES string of the molecule is CCOC(=O)c1ccc(-n2c(C)cc(C=Nc3ccc(F)c(Cl)c3)c2C)cc1. The van der Waals surface area contributed by atoms with Crippen molar-refractivity contribution in [3.05, 3.63) is 81.9 Å². The predicted octanol–water partition coefficient (Wildman–Crippen LogP) is 5.81. The van der Waals surface area contributed by atoms with Gasteiger partial charge in [0.15, 0.2) is 0 Å². The van der Waals surface area contributed by atoms with Gasteiger partial charge in [0.1, 0.15) is 5.82 Å². The number of aryl methyl sites for hydroxylation is 1. The van der Waals surface area contributed by atoms with Crippen LogP contribution in [0.25, 0.3) is 5.69 Å². The van der Waals surface area contributed by atoms with E-state index in [-0.39, 0.29) is 11.0 Å². The third-order valence-electron chi connectivity index (χ3n) is 4.36. The lowest BCUT2D eigenvalue weighted by molar-refractivity contribution is 0.0526. The molecule has 0 aliphatic carbocycles. The first-order valence-electron chi connectivity index (χ1n) is 8.86. The molecule has 1 aromatic heterocycles. The van der Waals surface area contributed by atoms with Crippen molar-refractivity contribution in [2.24, 2.45) is 4.99 Å². The van der Waals surface area contributed by atoms with Crippen LogP contribution in [0.15, 0.2) is 53.5 Å². The topological polar surface area (TPSA) is 43.6 Å². The summed E-state index contributed by atoms with van der Waals surface area (Å²) in [4.78, 5) is 16.2. The van der Waals surface area contributed by atoms with E-state index in [1.54, 1.807) is 31.3 Å². The van der Waals surface area contributed by atoms with Gasteiger partial charge in [0, 0.05) is 28.9 Å². The number of rotatable bonds is 5. The van der Waals surface area contributed by atoms with Crippen molar-refractivity contribution < 1.29 is 13.9 Å². The number of hydrogen-bond donors (Lipinski definition) is 0. The Hall–Kier alpha value is -2.92. The number of esters is 1. The second-order valence-corrected chi connectivity index (χ2v) is 6.69. The van der Waals surface area contributed by atoms with E-state index in [1.165, 1.54) is 12.1 Å². The first-order chi connectivity index (χ1) is 13.4. The number of aromatic nitrogens is 1. The van der Waals surface area contributed by atoms with E-state index in [0.29, 0.717) is 17.9 Å². The fourth-order valence-corrected chi connectivity index (χ4v) is 3.16. The van der Waals surface area contributed by atoms with Crippen molar-refractivity contribution in [3.63, 3.8) is 0 Å². The van der Waals surface area contributed by atoms with Crippen molar-refractivity contribution in [2.45, 2.75) is 20.8 Å². The molecule has 144 valence electrons. The summed E-state index contributed by atoms with van der Waals surface area (Å²) in [7, 11) is 0. The number of benzene rings is 2. The van der Waals surface area contributed by atoms with E-state index >= 15 is 0 Å². The summed E-state index contributed by atoms with van der Waals surface area (Å²) in [5.41, 5.74) is 5.00. The molecule has 0 unspecified atom stereocenters. The largest absolute Gasteiger partial charge is 0.462 e. The fourth-order valence-electron chi connectivity index (χ4n) is 2.99. The zero-order chi connectivity index (χ0) is 20.3. The van der Waals surface area contributed by atoms with E-state index in [9.17, 15) is 9.18 Å². The van der Waals surface area contributed by atoms with Gasteiger partial charge >= 0.3 is 5.97 Å². The van der Waals surface area contributed by atoms with Crippen LogP contribution >= 0.6 is 11.6 Å². The second-order valence-electron chi connectivity index (χ2n) is 6.29. The second kappa shape index (κ2) is 8.40. The molecule has 0 bridgehead atoms. The monoisotopic (exact) mass is 398 g/mol. The average Bonchev–Trinajstić information content (AvgIpc) is 2.96. The maximum absolute atomic E-state index is 13.3. The zero-order valence-corrected chi connectivity index (χ0v) is 16.6. The maximum atomic E-state index is 13.3. The van der Waals surface area contributed by atoms with Crippen molar-refractivity contribution in [2.75, 3.05) is 6.61 Å². The molecule has 0 aliphatic heterocycles. The van der Waals surface area contributed by atoms with Crippen LogP contribution in [0.5, 0.6) is 0 Å². The van der Waals surface area contributed by atoms with Gasteiger partial charge in [-0.05, 0) is 69.3 Å². The van der Waals surface area contributed by atoms with E-state index in [0.717, 1.165) is 22.6 Å². The van der Waals surface area contributed by atoms with Crippen LogP contribution in [-0.2, 0) is 4.74 Å². The van der Waals surface area contributed by atoms with Gasteiger partial charge in [-0.15, -0.1) is 0 Å². The van der Waals surface area contributed by atoms with Gasteiger partial charge in [-0.25, -0.2) is 9.18 Å². The first kappa shape index (κ1) is 19.8. The Labute approximate surface area is 168 Å². The Kier molecular flexibility index (Phi) is 5.95. The summed E-state index contributed by atoms with van der Waals surface area (Å²) in [6.45, 7) is 6.11. The molecule has 28 heavy (non-hydrogen) atoms. The third kappa shape index (κ3) is 4.15. The van der Waals surface area contributed by atoms with Crippen LogP contribution in [0, 0.1) is 19.7 Å². The van der Waals surface area contributed by atoms with Gasteiger partial charge in [-0.3, -0.25) is 4.99 Å². The summed E-state index contributed by atoms with van der Waals surface area (Å²) in [5.74, 6) is -0.800. The molecule has 0 amide bonds. The fraction of sp³-hybridized carbons (Fsp3) is 0.182. The summed E-state index contributed by atoms with van der Waals surface area (Å²) in [6, 6.07) is 13.6. The van der Waals surface area contributed by atoms with Crippen LogP contribution in [0.4, 0.5) is 10.1 Å². The van der Waals surface area contributed by atoms with Gasteiger partial charge in [-0.1, -0.05) is 11.6 Å². The van der Waals surface area contributed by atoms with E-state index in [4.69, 9.17) is 16.3 Å². The Morgan fingerprint density at radius 1 is 1.18 bits per heavy atom. The molecular weight excluding hydrogens is 379 g/mol. The lowest BCUT2D eigenvalue weighted by Gasteiger charge is -2.10. The number of carbonyl (C=O) groups excluding carboxylic acids is 1. The van der Waals surface area contributed by atoms with Crippen LogP contribution < -0.4 is 0 Å². The minimum atomic E-state index is -0.468. The Morgan fingerprint density at radius 2 is 1.89 bits per heavy atom. The highest BCUT2D eigenvalue weighted by Crippen LogP contribution is 2.23. The molecule has 0 radical (unpaired) electrons. The molecule has 1 heterocycles. The van der Waals surface area contributed by atoms with Crippen LogP contribution in [0.3, 0.4) is 0 Å². The quantitative estimate of drug-likeness (QED) is 0.402. The molecule has 3 rings (SSSR count). The molecule has 0 atom stereocenters. The third-order valence-corrected chi connectivity index (χ3v) is 4.65. The molecule has 0 saturated carbocycles. The number of ether oxygens (including phenoxy) is 1. The standard InChI is InChI=1S/C22H20ClFN2O2/c1-4-28-22(27)16-5-8-19(9-6-16)26-14(2)11-17(15(26)3)13-25-18-7-10-21(24)20(23)12-18/h5-13H,4H2,1-3H3. The Morgan fingerprint density at radius 3 is 2.54 bits per heavy atom. The Bertz CT molecular complexity index is 1040. The molecule has 6 heteroatoms. The van der Waals surface area contributed by atoms with Gasteiger partial charge in [0.05, 0.1) is 22.9 Å². The number of nitrogens with zero attached hydrogens (tertiary/aromatic N) is 2. The summed E-state index contributed by atoms with van der Waals surface area (Å²) >= 11 is 5.81. The van der Waals surface area contributed by atoms with Gasteiger partial charge < -0.3 is 9.30 Å². The first-order valence-corrected chi connectivity index (χ1v) is 9.24. The summed E-state index contributed by atoms with van der Waals surface area (Å²) in [6.07, 6.45) is 1.73. The van der Waals surface area contributed by atoms with Crippen molar-refractivity contribution >= 4 is 29.5 Å². The Balaban J connectivity index is 1.88. The van der Waals surface area contributed by atoms with Crippen LogP contribution in [-0.4, -0.2) is 23.4 Å². The summed E-state index contributed by atoms with van der Waals surface area (Å²) < 4.78 is 20.4. The molecule has 0 fully saturated rings. The molecule has 0 aliphatic rings. The predicted molar refractivity (Wildman–Crippen MR) is 110 cm³/mol. The minimum Gasteiger partial charge on any atom is -0.462 e. The van der Waals surface area contributed by atoms with E-state index in [2.05, 4.69) is 9.56 Å². The molecule has 3 aromatic rings. The number of hydrogen-bond acceptors (Lipinski definition) is 3. The van der Waals surface area contributed by atoms with Crippen molar-refractivity contribution in [1.82, 2.24) is 4.57 Å². The van der Waals surface area contributed by atoms with Crippen molar-refractivity contribution in [1.29, 1.82) is 0 Å².